The van der Waals surface area contributed by atoms with Crippen molar-refractivity contribution in [2.75, 3.05) is 0 Å². The number of imidazole rings is 1. The number of aryl methyl sites for hydroxylation is 2. The summed E-state index contributed by atoms with van der Waals surface area (Å²) in [7, 11) is 2.06. The van der Waals surface area contributed by atoms with Crippen molar-refractivity contribution in [3.05, 3.63) is 72.7 Å². The largest absolute Gasteiger partial charge is 0.347 e. The number of hydrogen-bond acceptors (Lipinski definition) is 2. The van der Waals surface area contributed by atoms with Crippen LogP contribution < -0.4 is 4.40 Å². The van der Waals surface area contributed by atoms with E-state index in [4.69, 9.17) is 4.98 Å². The quantitative estimate of drug-likeness (QED) is 0.439. The van der Waals surface area contributed by atoms with Crippen LogP contribution in [0.3, 0.4) is 0 Å². The third-order valence-corrected chi connectivity index (χ3v) is 4.82. The van der Waals surface area contributed by atoms with E-state index in [2.05, 4.69) is 70.5 Å². The van der Waals surface area contributed by atoms with E-state index in [1.807, 2.05) is 24.5 Å². The van der Waals surface area contributed by atoms with Gasteiger partial charge in [-0.05, 0) is 30.7 Å². The summed E-state index contributed by atoms with van der Waals surface area (Å²) in [5, 5.41) is 1.06. The van der Waals surface area contributed by atoms with Crippen molar-refractivity contribution in [1.82, 2.24) is 14.5 Å². The van der Waals surface area contributed by atoms with Gasteiger partial charge in [-0.15, -0.1) is 4.98 Å². The zero-order valence-corrected chi connectivity index (χ0v) is 14.1. The molecule has 3 heterocycles. The van der Waals surface area contributed by atoms with Crippen LogP contribution in [-0.2, 0) is 7.05 Å². The Morgan fingerprint density at radius 1 is 0.960 bits per heavy atom. The van der Waals surface area contributed by atoms with Gasteiger partial charge in [-0.1, -0.05) is 41.4 Å². The summed E-state index contributed by atoms with van der Waals surface area (Å²) in [6.07, 6.45) is 3.94. The van der Waals surface area contributed by atoms with Gasteiger partial charge in [-0.2, -0.15) is 4.40 Å². The van der Waals surface area contributed by atoms with Crippen molar-refractivity contribution in [3.8, 4) is 11.3 Å². The highest BCUT2D eigenvalue weighted by Crippen LogP contribution is 2.27. The second-order valence-corrected chi connectivity index (χ2v) is 6.42. The normalized spacial score (nSPS) is 11.6. The summed E-state index contributed by atoms with van der Waals surface area (Å²) in [5.41, 5.74) is 7.60. The third-order valence-electron chi connectivity index (χ3n) is 4.82. The molecule has 0 saturated heterocycles. The summed E-state index contributed by atoms with van der Waals surface area (Å²) in [4.78, 5) is 9.50. The molecule has 0 atom stereocenters. The molecule has 0 amide bonds. The Bertz CT molecular complexity index is 1270. The van der Waals surface area contributed by atoms with Crippen LogP contribution >= 0.6 is 0 Å². The van der Waals surface area contributed by atoms with Gasteiger partial charge in [0.15, 0.2) is 11.0 Å². The molecule has 0 unspecified atom stereocenters. The molecular formula is C21H17N4+. The highest BCUT2D eigenvalue weighted by Gasteiger charge is 2.18. The molecule has 0 fully saturated rings. The predicted molar refractivity (Wildman–Crippen MR) is 99.3 cm³/mol. The second kappa shape index (κ2) is 5.11. The molecule has 0 saturated carbocycles. The van der Waals surface area contributed by atoms with Crippen LogP contribution in [0.2, 0.25) is 0 Å². The maximum Gasteiger partial charge on any atom is 0.279 e. The molecule has 0 aliphatic rings. The van der Waals surface area contributed by atoms with Gasteiger partial charge in [0.2, 0.25) is 6.33 Å². The van der Waals surface area contributed by atoms with Gasteiger partial charge in [-0.25, -0.2) is 0 Å². The van der Waals surface area contributed by atoms with Crippen molar-refractivity contribution in [2.24, 2.45) is 7.05 Å². The van der Waals surface area contributed by atoms with E-state index in [0.717, 1.165) is 33.3 Å². The van der Waals surface area contributed by atoms with Gasteiger partial charge in [0.05, 0.1) is 5.39 Å². The molecule has 4 heteroatoms. The van der Waals surface area contributed by atoms with Gasteiger partial charge >= 0.3 is 0 Å². The lowest BCUT2D eigenvalue weighted by molar-refractivity contribution is -0.483. The van der Waals surface area contributed by atoms with E-state index in [1.165, 1.54) is 11.1 Å². The number of hydrogen-bond donors (Lipinski definition) is 0. The monoisotopic (exact) mass is 325 g/mol. The molecule has 0 N–H and O–H groups in total. The fourth-order valence-corrected chi connectivity index (χ4v) is 3.52. The molecule has 2 aromatic carbocycles. The Labute approximate surface area is 145 Å². The Morgan fingerprint density at radius 2 is 1.76 bits per heavy atom. The molecular weight excluding hydrogens is 308 g/mol. The Balaban J connectivity index is 1.91. The molecule has 0 bridgehead atoms. The van der Waals surface area contributed by atoms with Gasteiger partial charge in [0, 0.05) is 24.5 Å². The average Bonchev–Trinajstić information content (AvgIpc) is 3.01. The number of rotatable bonds is 1. The topological polar surface area (TPSA) is 34.8 Å². The van der Waals surface area contributed by atoms with E-state index < -0.39 is 0 Å². The SMILES string of the molecule is Cc1ccccc1-c1cc2c(cn1C)nc[n+]1c3ccccc3nc21. The number of benzene rings is 2. The molecule has 120 valence electrons. The standard InChI is InChI=1S/C21H17N4/c1-14-7-3-4-8-15(14)20-11-16-18(12-24(20)2)22-13-25-19-10-6-5-9-17(19)23-21(16)25/h3-13H,1-2H3/q+1. The molecule has 25 heavy (non-hydrogen) atoms. The fourth-order valence-electron chi connectivity index (χ4n) is 3.52. The third kappa shape index (κ3) is 2.04. The summed E-state index contributed by atoms with van der Waals surface area (Å²) in [5.74, 6) is 0. The Kier molecular flexibility index (Phi) is 2.88. The fraction of sp³-hybridized carbons (Fsp3) is 0.0952. The van der Waals surface area contributed by atoms with Crippen LogP contribution in [0.4, 0.5) is 0 Å². The van der Waals surface area contributed by atoms with Crippen molar-refractivity contribution in [1.29, 1.82) is 0 Å². The highest BCUT2D eigenvalue weighted by atomic mass is 15.1. The molecule has 0 spiro atoms. The van der Waals surface area contributed by atoms with E-state index in [1.54, 1.807) is 0 Å². The first-order valence-electron chi connectivity index (χ1n) is 8.33. The molecule has 0 aliphatic carbocycles. The van der Waals surface area contributed by atoms with Gasteiger partial charge in [0.25, 0.3) is 5.65 Å². The molecule has 3 aromatic heterocycles. The molecule has 5 aromatic rings. The van der Waals surface area contributed by atoms with Crippen LogP contribution in [0.15, 0.2) is 67.1 Å². The van der Waals surface area contributed by atoms with Crippen molar-refractivity contribution in [2.45, 2.75) is 6.92 Å². The average molecular weight is 325 g/mol. The summed E-state index contributed by atoms with van der Waals surface area (Å²) in [6.45, 7) is 2.14. The van der Waals surface area contributed by atoms with E-state index in [0.29, 0.717) is 0 Å². The minimum absolute atomic E-state index is 0.946. The van der Waals surface area contributed by atoms with E-state index in [9.17, 15) is 0 Å². The summed E-state index contributed by atoms with van der Waals surface area (Å²) >= 11 is 0. The minimum Gasteiger partial charge on any atom is -0.347 e. The smallest absolute Gasteiger partial charge is 0.279 e. The zero-order chi connectivity index (χ0) is 17.0. The van der Waals surface area contributed by atoms with Gasteiger partial charge in [-0.3, -0.25) is 0 Å². The Morgan fingerprint density at radius 3 is 2.64 bits per heavy atom. The number of nitrogens with zero attached hydrogens (tertiary/aromatic N) is 4. The van der Waals surface area contributed by atoms with Crippen LogP contribution in [0.1, 0.15) is 5.56 Å². The van der Waals surface area contributed by atoms with E-state index >= 15 is 0 Å². The maximum absolute atomic E-state index is 4.84. The first kappa shape index (κ1) is 14.1. The molecule has 4 nitrogen and oxygen atoms in total. The van der Waals surface area contributed by atoms with Crippen LogP contribution in [0.25, 0.3) is 38.8 Å². The second-order valence-electron chi connectivity index (χ2n) is 6.42. The van der Waals surface area contributed by atoms with Gasteiger partial charge < -0.3 is 4.57 Å². The maximum atomic E-state index is 4.84. The van der Waals surface area contributed by atoms with Crippen molar-refractivity contribution in [3.63, 3.8) is 0 Å². The number of fused-ring (bicyclic) bond motifs is 5. The lowest BCUT2D eigenvalue weighted by atomic mass is 10.0. The van der Waals surface area contributed by atoms with E-state index in [-0.39, 0.29) is 0 Å². The van der Waals surface area contributed by atoms with Crippen molar-refractivity contribution >= 4 is 27.6 Å². The highest BCUT2D eigenvalue weighted by molar-refractivity contribution is 5.93. The van der Waals surface area contributed by atoms with Crippen molar-refractivity contribution < 1.29 is 4.40 Å². The molecule has 0 aliphatic heterocycles. The first-order valence-corrected chi connectivity index (χ1v) is 8.33. The van der Waals surface area contributed by atoms with Crippen LogP contribution in [-0.4, -0.2) is 14.5 Å². The van der Waals surface area contributed by atoms with Crippen LogP contribution in [0, 0.1) is 6.92 Å². The molecule has 5 rings (SSSR count). The lowest BCUT2D eigenvalue weighted by Crippen LogP contribution is -2.20. The minimum atomic E-state index is 0.946. The summed E-state index contributed by atoms with van der Waals surface area (Å²) < 4.78 is 4.20. The lowest BCUT2D eigenvalue weighted by Gasteiger charge is -2.12. The summed E-state index contributed by atoms with van der Waals surface area (Å²) in [6, 6.07) is 18.8. The number of para-hydroxylation sites is 2. The molecule has 0 radical (unpaired) electrons. The first-order chi connectivity index (χ1) is 12.2. The van der Waals surface area contributed by atoms with Crippen LogP contribution in [0.5, 0.6) is 0 Å². The predicted octanol–water partition coefficient (Wildman–Crippen LogP) is 3.84. The Hall–Kier alpha value is -3.27. The number of aromatic nitrogens is 4. The number of pyridine rings is 1. The zero-order valence-electron chi connectivity index (χ0n) is 14.1. The van der Waals surface area contributed by atoms with Gasteiger partial charge in [0.1, 0.15) is 5.52 Å².